The van der Waals surface area contributed by atoms with Gasteiger partial charge in [0.15, 0.2) is 0 Å². The highest BCUT2D eigenvalue weighted by molar-refractivity contribution is 6.30. The van der Waals surface area contributed by atoms with Gasteiger partial charge in [0.2, 0.25) is 5.91 Å². The van der Waals surface area contributed by atoms with Crippen LogP contribution >= 0.6 is 11.6 Å². The molecule has 0 bridgehead atoms. The molecule has 0 spiro atoms. The summed E-state index contributed by atoms with van der Waals surface area (Å²) >= 11 is 5.98. The number of H-pyrrole nitrogens is 1. The number of hydrogen-bond donors (Lipinski definition) is 3. The van der Waals surface area contributed by atoms with E-state index in [2.05, 4.69) is 27.8 Å². The van der Waals surface area contributed by atoms with E-state index in [9.17, 15) is 4.79 Å². The van der Waals surface area contributed by atoms with Crippen LogP contribution in [0.15, 0.2) is 48.7 Å². The van der Waals surface area contributed by atoms with Gasteiger partial charge in [0.05, 0.1) is 6.54 Å². The first-order valence-corrected chi connectivity index (χ1v) is 8.33. The van der Waals surface area contributed by atoms with Crippen LogP contribution in [-0.2, 0) is 11.2 Å². The highest BCUT2D eigenvalue weighted by Gasteiger charge is 2.06. The third-order valence-electron chi connectivity index (χ3n) is 4.03. The molecule has 0 aliphatic carbocycles. The molecule has 0 fully saturated rings. The summed E-state index contributed by atoms with van der Waals surface area (Å²) in [5, 5.41) is 7.93. The molecule has 0 saturated heterocycles. The Morgan fingerprint density at radius 2 is 2.04 bits per heavy atom. The zero-order valence-electron chi connectivity index (χ0n) is 13.5. The molecule has 0 aliphatic heterocycles. The topological polar surface area (TPSA) is 56.9 Å². The Kier molecular flexibility index (Phi) is 5.06. The van der Waals surface area contributed by atoms with Crippen molar-refractivity contribution in [2.75, 3.05) is 18.4 Å². The predicted octanol–water partition coefficient (Wildman–Crippen LogP) is 3.90. The van der Waals surface area contributed by atoms with E-state index >= 15 is 0 Å². The number of carbonyl (C=O) groups excluding carboxylic acids is 1. The van der Waals surface area contributed by atoms with Gasteiger partial charge in [-0.1, -0.05) is 35.9 Å². The second-order valence-electron chi connectivity index (χ2n) is 5.77. The lowest BCUT2D eigenvalue weighted by molar-refractivity contribution is -0.119. The molecule has 1 amide bonds. The number of aromatic nitrogens is 1. The number of carbonyl (C=O) groups is 1. The van der Waals surface area contributed by atoms with E-state index in [-0.39, 0.29) is 12.5 Å². The average Bonchev–Trinajstić information content (AvgIpc) is 2.99. The lowest BCUT2D eigenvalue weighted by Crippen LogP contribution is -2.31. The van der Waals surface area contributed by atoms with E-state index in [1.165, 1.54) is 10.9 Å². The van der Waals surface area contributed by atoms with Crippen molar-refractivity contribution in [3.05, 3.63) is 64.8 Å². The molecule has 2 aromatic carbocycles. The maximum absolute atomic E-state index is 12.0. The summed E-state index contributed by atoms with van der Waals surface area (Å²) in [5.74, 6) is -0.0331. The second-order valence-corrected chi connectivity index (χ2v) is 6.21. The summed E-state index contributed by atoms with van der Waals surface area (Å²) in [6, 6.07) is 13.8. The molecule has 5 heteroatoms. The van der Waals surface area contributed by atoms with Crippen LogP contribution in [-0.4, -0.2) is 24.0 Å². The van der Waals surface area contributed by atoms with Crippen LogP contribution in [0.1, 0.15) is 11.1 Å². The molecule has 0 atom stereocenters. The van der Waals surface area contributed by atoms with E-state index < -0.39 is 0 Å². The zero-order valence-corrected chi connectivity index (χ0v) is 14.3. The Morgan fingerprint density at radius 1 is 1.21 bits per heavy atom. The number of anilines is 1. The first-order chi connectivity index (χ1) is 11.6. The Morgan fingerprint density at radius 3 is 2.92 bits per heavy atom. The van der Waals surface area contributed by atoms with E-state index in [0.717, 1.165) is 23.2 Å². The molecule has 0 saturated carbocycles. The Bertz CT molecular complexity index is 857. The van der Waals surface area contributed by atoms with Crippen LogP contribution in [0.25, 0.3) is 10.9 Å². The van der Waals surface area contributed by atoms with E-state index in [1.807, 2.05) is 43.5 Å². The van der Waals surface area contributed by atoms with Gasteiger partial charge < -0.3 is 15.6 Å². The lowest BCUT2D eigenvalue weighted by Gasteiger charge is -2.10. The third kappa shape index (κ3) is 3.89. The number of para-hydroxylation sites is 1. The Labute approximate surface area is 146 Å². The molecule has 3 rings (SSSR count). The minimum Gasteiger partial charge on any atom is -0.376 e. The second kappa shape index (κ2) is 7.41. The molecular weight excluding hydrogens is 322 g/mol. The number of nitrogens with one attached hydrogen (secondary N) is 3. The van der Waals surface area contributed by atoms with Gasteiger partial charge >= 0.3 is 0 Å². The molecule has 0 aliphatic rings. The van der Waals surface area contributed by atoms with Crippen molar-refractivity contribution in [1.29, 1.82) is 0 Å². The van der Waals surface area contributed by atoms with Gasteiger partial charge in [-0.25, -0.2) is 0 Å². The summed E-state index contributed by atoms with van der Waals surface area (Å²) < 4.78 is 0. The van der Waals surface area contributed by atoms with Crippen LogP contribution in [0.4, 0.5) is 5.69 Å². The molecule has 3 N–H and O–H groups in total. The maximum atomic E-state index is 12.0. The smallest absolute Gasteiger partial charge is 0.239 e. The van der Waals surface area contributed by atoms with Crippen molar-refractivity contribution >= 4 is 34.1 Å². The zero-order chi connectivity index (χ0) is 16.9. The number of hydrogen-bond acceptors (Lipinski definition) is 2. The van der Waals surface area contributed by atoms with Crippen molar-refractivity contribution in [3.8, 4) is 0 Å². The first kappa shape index (κ1) is 16.4. The van der Waals surface area contributed by atoms with Gasteiger partial charge in [0, 0.05) is 34.4 Å². The maximum Gasteiger partial charge on any atom is 0.239 e. The molecule has 1 heterocycles. The number of fused-ring (bicyclic) bond motifs is 1. The van der Waals surface area contributed by atoms with Gasteiger partial charge in [-0.3, -0.25) is 4.79 Å². The van der Waals surface area contributed by atoms with Crippen LogP contribution in [0.3, 0.4) is 0 Å². The number of amides is 1. The number of aryl methyl sites for hydroxylation is 1. The van der Waals surface area contributed by atoms with Crippen LogP contribution in [0, 0.1) is 6.92 Å². The summed E-state index contributed by atoms with van der Waals surface area (Å²) in [6.07, 6.45) is 2.80. The van der Waals surface area contributed by atoms with Crippen molar-refractivity contribution < 1.29 is 4.79 Å². The number of rotatable bonds is 6. The molecule has 3 aromatic rings. The van der Waals surface area contributed by atoms with Crippen LogP contribution in [0.5, 0.6) is 0 Å². The number of benzene rings is 2. The molecular formula is C19H20ClN3O. The molecule has 124 valence electrons. The highest BCUT2D eigenvalue weighted by Crippen LogP contribution is 2.20. The average molecular weight is 342 g/mol. The summed E-state index contributed by atoms with van der Waals surface area (Å²) in [7, 11) is 0. The van der Waals surface area contributed by atoms with Gasteiger partial charge in [-0.2, -0.15) is 0 Å². The standard InChI is InChI=1S/C19H20ClN3O/c1-13-6-7-15(20)10-18(13)23-12-19(24)21-9-8-14-11-22-17-5-3-2-4-16(14)17/h2-7,10-11,22-23H,8-9,12H2,1H3,(H,21,24). The normalized spacial score (nSPS) is 10.8. The van der Waals surface area contributed by atoms with E-state index in [1.54, 1.807) is 0 Å². The van der Waals surface area contributed by atoms with Crippen molar-refractivity contribution in [2.45, 2.75) is 13.3 Å². The third-order valence-corrected chi connectivity index (χ3v) is 4.27. The summed E-state index contributed by atoms with van der Waals surface area (Å²) in [5.41, 5.74) is 4.28. The summed E-state index contributed by atoms with van der Waals surface area (Å²) in [6.45, 7) is 2.82. The van der Waals surface area contributed by atoms with Gasteiger partial charge in [-0.05, 0) is 42.7 Å². The molecule has 0 unspecified atom stereocenters. The highest BCUT2D eigenvalue weighted by atomic mass is 35.5. The minimum atomic E-state index is -0.0331. The fourth-order valence-electron chi connectivity index (χ4n) is 2.70. The van der Waals surface area contributed by atoms with Crippen LogP contribution in [0.2, 0.25) is 5.02 Å². The Balaban J connectivity index is 1.48. The van der Waals surface area contributed by atoms with Gasteiger partial charge in [-0.15, -0.1) is 0 Å². The fraction of sp³-hybridized carbons (Fsp3) is 0.211. The molecule has 1 aromatic heterocycles. The molecule has 24 heavy (non-hydrogen) atoms. The minimum absolute atomic E-state index is 0.0331. The van der Waals surface area contributed by atoms with Gasteiger partial charge in [0.1, 0.15) is 0 Å². The fourth-order valence-corrected chi connectivity index (χ4v) is 2.87. The summed E-state index contributed by atoms with van der Waals surface area (Å²) in [4.78, 5) is 15.2. The largest absolute Gasteiger partial charge is 0.376 e. The van der Waals surface area contributed by atoms with Crippen molar-refractivity contribution in [3.63, 3.8) is 0 Å². The number of aromatic amines is 1. The van der Waals surface area contributed by atoms with Crippen molar-refractivity contribution in [1.82, 2.24) is 10.3 Å². The predicted molar refractivity (Wildman–Crippen MR) is 99.7 cm³/mol. The Hall–Kier alpha value is -2.46. The van der Waals surface area contributed by atoms with Gasteiger partial charge in [0.25, 0.3) is 0 Å². The SMILES string of the molecule is Cc1ccc(Cl)cc1NCC(=O)NCCc1c[nH]c2ccccc12. The van der Waals surface area contributed by atoms with E-state index in [4.69, 9.17) is 11.6 Å². The first-order valence-electron chi connectivity index (χ1n) is 7.95. The monoisotopic (exact) mass is 341 g/mol. The van der Waals surface area contributed by atoms with Crippen molar-refractivity contribution in [2.24, 2.45) is 0 Å². The van der Waals surface area contributed by atoms with Crippen LogP contribution < -0.4 is 10.6 Å². The molecule has 4 nitrogen and oxygen atoms in total. The van der Waals surface area contributed by atoms with E-state index in [0.29, 0.717) is 11.6 Å². The quantitative estimate of drug-likeness (QED) is 0.637. The molecule has 0 radical (unpaired) electrons. The lowest BCUT2D eigenvalue weighted by atomic mass is 10.1. The number of halogens is 1.